The van der Waals surface area contributed by atoms with Crippen molar-refractivity contribution in [3.63, 3.8) is 0 Å². The maximum absolute atomic E-state index is 9.98. The Morgan fingerprint density at radius 1 is 1.40 bits per heavy atom. The summed E-state index contributed by atoms with van der Waals surface area (Å²) in [4.78, 5) is 0. The zero-order chi connectivity index (χ0) is 20.0. The molecule has 0 fully saturated rings. The number of para-hydroxylation sites is 2. The molecule has 1 aromatic carbocycles. The van der Waals surface area contributed by atoms with Gasteiger partial charge in [0.25, 0.3) is 0 Å². The minimum Gasteiger partial charge on any atom is -0.487 e. The summed E-state index contributed by atoms with van der Waals surface area (Å²) in [5, 5.41) is 12.1. The Hall–Kier alpha value is -1.23. The van der Waals surface area contributed by atoms with Crippen LogP contribution < -0.4 is 14.8 Å². The van der Waals surface area contributed by atoms with Crippen molar-refractivity contribution in [2.75, 3.05) is 19.8 Å². The number of hydrogen-bond acceptors (Lipinski definition) is 4. The van der Waals surface area contributed by atoms with Crippen molar-refractivity contribution in [1.82, 2.24) is 5.32 Å². The van der Waals surface area contributed by atoms with Crippen LogP contribution in [0.15, 0.2) is 36.9 Å². The fraction of sp³-hybridized carbons (Fsp3) is 0.467. The standard InChI is InChI=1S/C15H23NO3.ClH/c1-4-9-18-14-7-5-6-8-15(14)19-11-13(17)10-16-12(2)3;/h4-8,12-13,16-17H,1,9-11H2,2-3H3;1H/i2D3,3D3,12D;. The second kappa shape index (κ2) is 10.5. The van der Waals surface area contributed by atoms with Crippen molar-refractivity contribution in [2.45, 2.75) is 25.8 Å². The zero-order valence-corrected chi connectivity index (χ0v) is 11.8. The molecule has 1 aromatic rings. The molecule has 114 valence electrons. The summed E-state index contributed by atoms with van der Waals surface area (Å²) in [6.07, 6.45) is 0.324. The van der Waals surface area contributed by atoms with E-state index in [2.05, 4.69) is 11.9 Å². The number of hydrogen-bond donors (Lipinski definition) is 2. The Morgan fingerprint density at radius 3 is 2.65 bits per heavy atom. The van der Waals surface area contributed by atoms with Crippen molar-refractivity contribution >= 4 is 12.4 Å². The van der Waals surface area contributed by atoms with Crippen LogP contribution in [0.4, 0.5) is 0 Å². The zero-order valence-electron chi connectivity index (χ0n) is 18.0. The molecule has 0 aliphatic carbocycles. The number of aliphatic hydroxyl groups excluding tert-OH is 1. The van der Waals surface area contributed by atoms with Crippen LogP contribution in [0.1, 0.15) is 23.3 Å². The summed E-state index contributed by atoms with van der Waals surface area (Å²) < 4.78 is 62.5. The molecular formula is C15H24ClNO3. The summed E-state index contributed by atoms with van der Waals surface area (Å²) in [6, 6.07) is 3.84. The van der Waals surface area contributed by atoms with Crippen LogP contribution in [0.3, 0.4) is 0 Å². The Balaban J connectivity index is 0.00000676. The van der Waals surface area contributed by atoms with Gasteiger partial charge in [-0.3, -0.25) is 0 Å². The molecular weight excluding hydrogens is 278 g/mol. The van der Waals surface area contributed by atoms with Crippen LogP contribution in [0.5, 0.6) is 11.5 Å². The molecule has 4 nitrogen and oxygen atoms in total. The normalized spacial score (nSPS) is 18.6. The topological polar surface area (TPSA) is 50.7 Å². The molecule has 20 heavy (non-hydrogen) atoms. The van der Waals surface area contributed by atoms with E-state index in [0.717, 1.165) is 0 Å². The molecule has 1 unspecified atom stereocenters. The first kappa shape index (κ1) is 9.66. The second-order valence-electron chi connectivity index (χ2n) is 3.77. The minimum atomic E-state index is -3.11. The van der Waals surface area contributed by atoms with Crippen LogP contribution >= 0.6 is 12.4 Å². The van der Waals surface area contributed by atoms with E-state index in [1.54, 1.807) is 30.3 Å². The molecule has 0 saturated heterocycles. The lowest BCUT2D eigenvalue weighted by Gasteiger charge is -2.16. The van der Waals surface area contributed by atoms with E-state index < -0.39 is 32.4 Å². The molecule has 0 aromatic heterocycles. The van der Waals surface area contributed by atoms with Crippen molar-refractivity contribution < 1.29 is 24.2 Å². The van der Waals surface area contributed by atoms with Gasteiger partial charge in [0, 0.05) is 22.2 Å². The maximum atomic E-state index is 9.98. The summed E-state index contributed by atoms with van der Waals surface area (Å²) >= 11 is 0. The van der Waals surface area contributed by atoms with E-state index in [0.29, 0.717) is 11.5 Å². The average molecular weight is 309 g/mol. The predicted octanol–water partition coefficient (Wildman–Crippen LogP) is 2.41. The molecule has 0 spiro atoms. The first-order valence-electron chi connectivity index (χ1n) is 9.31. The number of ether oxygens (including phenoxy) is 2. The highest BCUT2D eigenvalue weighted by molar-refractivity contribution is 5.85. The van der Waals surface area contributed by atoms with Crippen LogP contribution in [0, 0.1) is 0 Å². The molecule has 1 atom stereocenters. The smallest absolute Gasteiger partial charge is 0.161 e. The molecule has 0 heterocycles. The lowest BCUT2D eigenvalue weighted by molar-refractivity contribution is 0.102. The minimum absolute atomic E-state index is 0. The van der Waals surface area contributed by atoms with Gasteiger partial charge in [-0.1, -0.05) is 38.5 Å². The summed E-state index contributed by atoms with van der Waals surface area (Å²) in [5.41, 5.74) is 0. The first-order valence-corrected chi connectivity index (χ1v) is 5.81. The number of nitrogens with one attached hydrogen (secondary N) is 1. The number of benzene rings is 1. The Morgan fingerprint density at radius 2 is 2.05 bits per heavy atom. The van der Waals surface area contributed by atoms with Crippen LogP contribution in [-0.4, -0.2) is 37.0 Å². The highest BCUT2D eigenvalue weighted by Gasteiger charge is 2.08. The van der Waals surface area contributed by atoms with E-state index in [4.69, 9.17) is 19.1 Å². The molecule has 0 aliphatic rings. The van der Waals surface area contributed by atoms with E-state index >= 15 is 0 Å². The molecule has 0 amide bonds. The largest absolute Gasteiger partial charge is 0.487 e. The molecule has 2 N–H and O–H groups in total. The number of rotatable bonds is 9. The van der Waals surface area contributed by atoms with Gasteiger partial charge in [0.2, 0.25) is 0 Å². The molecule has 0 saturated carbocycles. The van der Waals surface area contributed by atoms with Gasteiger partial charge in [-0.25, -0.2) is 0 Å². The van der Waals surface area contributed by atoms with Gasteiger partial charge in [0.15, 0.2) is 11.5 Å². The van der Waals surface area contributed by atoms with Gasteiger partial charge in [-0.2, -0.15) is 0 Å². The molecule has 0 aliphatic heterocycles. The van der Waals surface area contributed by atoms with Crippen molar-refractivity contribution in [1.29, 1.82) is 0 Å². The van der Waals surface area contributed by atoms with Gasteiger partial charge >= 0.3 is 0 Å². The summed E-state index contributed by atoms with van der Waals surface area (Å²) in [7, 11) is 0. The Kier molecular flexibility index (Phi) is 5.09. The molecule has 0 radical (unpaired) electrons. The highest BCUT2D eigenvalue weighted by atomic mass is 35.5. The van der Waals surface area contributed by atoms with Gasteiger partial charge in [-0.05, 0) is 12.1 Å². The van der Waals surface area contributed by atoms with Crippen LogP contribution in [0.2, 0.25) is 0 Å². The quantitative estimate of drug-likeness (QED) is 0.688. The van der Waals surface area contributed by atoms with Gasteiger partial charge in [0.1, 0.15) is 19.3 Å². The Bertz CT molecular complexity index is 582. The average Bonchev–Trinajstić information content (AvgIpc) is 2.54. The van der Waals surface area contributed by atoms with E-state index in [9.17, 15) is 5.11 Å². The van der Waals surface area contributed by atoms with Crippen molar-refractivity contribution in [2.24, 2.45) is 0 Å². The van der Waals surface area contributed by atoms with E-state index in [-0.39, 0.29) is 25.6 Å². The first-order chi connectivity index (χ1) is 11.9. The number of aliphatic hydroxyl groups is 1. The second-order valence-corrected chi connectivity index (χ2v) is 3.77. The monoisotopic (exact) mass is 308 g/mol. The lowest BCUT2D eigenvalue weighted by atomic mass is 10.3. The maximum Gasteiger partial charge on any atom is 0.161 e. The fourth-order valence-corrected chi connectivity index (χ4v) is 1.30. The molecule has 1 rings (SSSR count). The van der Waals surface area contributed by atoms with Crippen LogP contribution in [-0.2, 0) is 0 Å². The third kappa shape index (κ3) is 7.38. The number of halogens is 1. The Labute approximate surface area is 137 Å². The summed E-state index contributed by atoms with van der Waals surface area (Å²) in [6.45, 7) is -3.10. The van der Waals surface area contributed by atoms with Crippen LogP contribution in [0.25, 0.3) is 0 Å². The summed E-state index contributed by atoms with van der Waals surface area (Å²) in [5.74, 6) is 0.796. The predicted molar refractivity (Wildman–Crippen MR) is 84.0 cm³/mol. The van der Waals surface area contributed by atoms with E-state index in [1.807, 2.05) is 0 Å². The highest BCUT2D eigenvalue weighted by Crippen LogP contribution is 2.26. The molecule has 0 bridgehead atoms. The van der Waals surface area contributed by atoms with E-state index in [1.165, 1.54) is 0 Å². The van der Waals surface area contributed by atoms with Gasteiger partial charge in [-0.15, -0.1) is 12.4 Å². The van der Waals surface area contributed by atoms with Gasteiger partial charge < -0.3 is 19.9 Å². The lowest BCUT2D eigenvalue weighted by Crippen LogP contribution is -2.35. The van der Waals surface area contributed by atoms with Crippen molar-refractivity contribution in [3.05, 3.63) is 36.9 Å². The van der Waals surface area contributed by atoms with Gasteiger partial charge in [0.05, 0.1) is 0 Å². The fourth-order valence-electron chi connectivity index (χ4n) is 1.30. The third-order valence-electron chi connectivity index (χ3n) is 2.15. The van der Waals surface area contributed by atoms with Crippen molar-refractivity contribution in [3.8, 4) is 11.5 Å². The SMILES string of the molecule is Cl.[2H]C([2H])([2H])C([2H])(NCC(O)COc1ccccc1OCC=C)C([2H])([2H])[2H]. The third-order valence-corrected chi connectivity index (χ3v) is 2.15. The molecule has 5 heteroatoms.